The number of anilines is 2. The van der Waals surface area contributed by atoms with Gasteiger partial charge in [-0.2, -0.15) is 0 Å². The molecule has 1 amide bonds. The van der Waals surface area contributed by atoms with Crippen molar-refractivity contribution in [2.75, 3.05) is 24.7 Å². The van der Waals surface area contributed by atoms with Crippen molar-refractivity contribution in [2.45, 2.75) is 50.0 Å². The fraction of sp³-hybridized carbons (Fsp3) is 0.417. The smallest absolute Gasteiger partial charge is 0.410 e. The summed E-state index contributed by atoms with van der Waals surface area (Å²) in [6.45, 7) is 6.80. The van der Waals surface area contributed by atoms with Crippen LogP contribution in [0.15, 0.2) is 47.6 Å². The van der Waals surface area contributed by atoms with E-state index in [1.54, 1.807) is 11.1 Å². The number of nitrogens with zero attached hydrogens (tertiary/aromatic N) is 3. The number of benzene rings is 1. The number of nitrogens with one attached hydrogen (secondary N) is 1. The Morgan fingerprint density at radius 3 is 2.50 bits per heavy atom. The number of likely N-dealkylation sites (tertiary alicyclic amines) is 1. The molecule has 0 bridgehead atoms. The minimum absolute atomic E-state index is 0.0792. The van der Waals surface area contributed by atoms with E-state index in [9.17, 15) is 17.6 Å². The second-order valence-electron chi connectivity index (χ2n) is 9.57. The number of aromatic nitrogens is 2. The van der Waals surface area contributed by atoms with E-state index in [0.29, 0.717) is 18.9 Å². The number of amides is 1. The summed E-state index contributed by atoms with van der Waals surface area (Å²) in [7, 11) is -3.50. The largest absolute Gasteiger partial charge is 0.444 e. The van der Waals surface area contributed by atoms with Crippen LogP contribution in [0.5, 0.6) is 0 Å². The van der Waals surface area contributed by atoms with Crippen LogP contribution in [0.1, 0.15) is 45.2 Å². The molecule has 1 aliphatic rings. The molecule has 182 valence electrons. The molecule has 3 aromatic rings. The van der Waals surface area contributed by atoms with Crippen molar-refractivity contribution in [3.8, 4) is 0 Å². The van der Waals surface area contributed by atoms with Gasteiger partial charge in [0.05, 0.1) is 16.1 Å². The number of halogens is 1. The zero-order valence-electron chi connectivity index (χ0n) is 19.7. The van der Waals surface area contributed by atoms with Crippen LogP contribution in [-0.2, 0) is 14.6 Å². The highest BCUT2D eigenvalue weighted by molar-refractivity contribution is 7.90. The van der Waals surface area contributed by atoms with Gasteiger partial charge in [0.25, 0.3) is 0 Å². The number of rotatable bonds is 4. The van der Waals surface area contributed by atoms with Crippen molar-refractivity contribution >= 4 is 33.0 Å². The summed E-state index contributed by atoms with van der Waals surface area (Å²) >= 11 is 0. The van der Waals surface area contributed by atoms with E-state index in [-0.39, 0.29) is 22.6 Å². The molecule has 34 heavy (non-hydrogen) atoms. The fourth-order valence-corrected chi connectivity index (χ4v) is 4.77. The highest BCUT2D eigenvalue weighted by atomic mass is 32.2. The second-order valence-corrected chi connectivity index (χ2v) is 11.6. The standard InChI is InChI=1S/C24H29FN4O4S/c1-24(2,3)33-23(30)28-12-9-16(10-13-28)20-7-8-21-22(26-11-14-29(20)21)27-19-6-5-17(15-18(19)25)34(4,31)32/h5-8,11,14-16H,9-10,12-13H2,1-4H3,(H,26,27). The van der Waals surface area contributed by atoms with Crippen LogP contribution in [0.25, 0.3) is 5.52 Å². The summed E-state index contributed by atoms with van der Waals surface area (Å²) in [5, 5.41) is 2.98. The van der Waals surface area contributed by atoms with Gasteiger partial charge < -0.3 is 19.4 Å². The first-order valence-corrected chi connectivity index (χ1v) is 13.0. The number of ether oxygens (including phenoxy) is 1. The predicted octanol–water partition coefficient (Wildman–Crippen LogP) is 4.74. The van der Waals surface area contributed by atoms with Gasteiger partial charge in [0, 0.05) is 43.4 Å². The molecule has 1 aromatic carbocycles. The van der Waals surface area contributed by atoms with Gasteiger partial charge in [-0.25, -0.2) is 22.6 Å². The van der Waals surface area contributed by atoms with E-state index >= 15 is 0 Å². The van der Waals surface area contributed by atoms with Crippen LogP contribution in [0.2, 0.25) is 0 Å². The molecule has 4 rings (SSSR count). The molecule has 1 N–H and O–H groups in total. The average Bonchev–Trinajstić information content (AvgIpc) is 3.18. The summed E-state index contributed by atoms with van der Waals surface area (Å²) in [6.07, 6.45) is 5.86. The number of carbonyl (C=O) groups excluding carboxylic acids is 1. The van der Waals surface area contributed by atoms with Gasteiger partial charge in [-0.1, -0.05) is 0 Å². The molecule has 0 unspecified atom stereocenters. The molecule has 0 spiro atoms. The Morgan fingerprint density at radius 2 is 1.88 bits per heavy atom. The van der Waals surface area contributed by atoms with Crippen molar-refractivity contribution in [2.24, 2.45) is 0 Å². The third-order valence-electron chi connectivity index (χ3n) is 5.80. The third kappa shape index (κ3) is 5.16. The summed E-state index contributed by atoms with van der Waals surface area (Å²) in [5.41, 5.74) is 1.49. The van der Waals surface area contributed by atoms with Gasteiger partial charge >= 0.3 is 6.09 Å². The molecule has 8 nitrogen and oxygen atoms in total. The SMILES string of the molecule is CC(C)(C)OC(=O)N1CCC(c2ccc3c(Nc4ccc(S(C)(=O)=O)cc4F)nccn23)CC1. The van der Waals surface area contributed by atoms with E-state index in [2.05, 4.69) is 10.3 Å². The molecule has 1 aliphatic heterocycles. The van der Waals surface area contributed by atoms with Gasteiger partial charge in [-0.3, -0.25) is 0 Å². The summed E-state index contributed by atoms with van der Waals surface area (Å²) in [5.74, 6) is 0.0428. The van der Waals surface area contributed by atoms with Crippen molar-refractivity contribution in [3.63, 3.8) is 0 Å². The Kier molecular flexibility index (Phi) is 6.28. The molecule has 0 radical (unpaired) electrons. The average molecular weight is 489 g/mol. The van der Waals surface area contributed by atoms with E-state index in [1.807, 2.05) is 43.5 Å². The first-order valence-electron chi connectivity index (χ1n) is 11.1. The minimum atomic E-state index is -3.50. The Morgan fingerprint density at radius 1 is 1.18 bits per heavy atom. The van der Waals surface area contributed by atoms with Gasteiger partial charge in [0.2, 0.25) is 0 Å². The van der Waals surface area contributed by atoms with Crippen LogP contribution in [0.4, 0.5) is 20.7 Å². The molecule has 0 atom stereocenters. The van der Waals surface area contributed by atoms with Crippen LogP contribution in [-0.4, -0.2) is 53.7 Å². The number of carbonyl (C=O) groups is 1. The Hall–Kier alpha value is -3.14. The first-order chi connectivity index (χ1) is 15.9. The topological polar surface area (TPSA) is 93.0 Å². The van der Waals surface area contributed by atoms with Crippen LogP contribution >= 0.6 is 0 Å². The van der Waals surface area contributed by atoms with Crippen molar-refractivity contribution in [1.82, 2.24) is 14.3 Å². The van der Waals surface area contributed by atoms with Crippen molar-refractivity contribution in [1.29, 1.82) is 0 Å². The third-order valence-corrected chi connectivity index (χ3v) is 6.91. The number of sulfone groups is 1. The molecule has 10 heteroatoms. The number of fused-ring (bicyclic) bond motifs is 1. The monoisotopic (exact) mass is 488 g/mol. The lowest BCUT2D eigenvalue weighted by Crippen LogP contribution is -2.41. The molecule has 2 aromatic heterocycles. The second kappa shape index (κ2) is 8.90. The predicted molar refractivity (Wildman–Crippen MR) is 128 cm³/mol. The van der Waals surface area contributed by atoms with Crippen molar-refractivity contribution in [3.05, 3.63) is 54.2 Å². The van der Waals surface area contributed by atoms with Gasteiger partial charge in [-0.05, 0) is 63.9 Å². The van der Waals surface area contributed by atoms with E-state index in [1.165, 1.54) is 12.1 Å². The molecule has 0 saturated carbocycles. The fourth-order valence-electron chi connectivity index (χ4n) is 4.13. The lowest BCUT2D eigenvalue weighted by Gasteiger charge is -2.33. The Bertz CT molecular complexity index is 1320. The maximum Gasteiger partial charge on any atom is 0.410 e. The quantitative estimate of drug-likeness (QED) is 0.571. The van der Waals surface area contributed by atoms with Gasteiger partial charge in [-0.15, -0.1) is 0 Å². The molecule has 3 heterocycles. The molecule has 1 saturated heterocycles. The molecule has 0 aliphatic carbocycles. The maximum atomic E-state index is 14.6. The maximum absolute atomic E-state index is 14.6. The molecule has 1 fully saturated rings. The number of hydrogen-bond acceptors (Lipinski definition) is 6. The lowest BCUT2D eigenvalue weighted by molar-refractivity contribution is 0.0204. The molecular formula is C24H29FN4O4S. The highest BCUT2D eigenvalue weighted by Gasteiger charge is 2.28. The zero-order chi connectivity index (χ0) is 24.7. The van der Waals surface area contributed by atoms with Gasteiger partial charge in [0.15, 0.2) is 15.7 Å². The van der Waals surface area contributed by atoms with E-state index in [0.717, 1.165) is 36.4 Å². The van der Waals surface area contributed by atoms with E-state index in [4.69, 9.17) is 4.74 Å². The number of piperidine rings is 1. The van der Waals surface area contributed by atoms with Crippen molar-refractivity contribution < 1.29 is 22.3 Å². The Balaban J connectivity index is 1.51. The molecular weight excluding hydrogens is 459 g/mol. The summed E-state index contributed by atoms with van der Waals surface area (Å²) in [4.78, 5) is 18.4. The van der Waals surface area contributed by atoms with Crippen LogP contribution in [0.3, 0.4) is 0 Å². The highest BCUT2D eigenvalue weighted by Crippen LogP contribution is 2.32. The zero-order valence-corrected chi connectivity index (χ0v) is 20.5. The van der Waals surface area contributed by atoms with Crippen LogP contribution in [0, 0.1) is 5.82 Å². The van der Waals surface area contributed by atoms with Gasteiger partial charge in [0.1, 0.15) is 11.4 Å². The Labute approximate surface area is 198 Å². The van der Waals surface area contributed by atoms with Crippen LogP contribution < -0.4 is 5.32 Å². The first kappa shape index (κ1) is 24.0. The van der Waals surface area contributed by atoms with E-state index < -0.39 is 21.3 Å². The minimum Gasteiger partial charge on any atom is -0.444 e. The lowest BCUT2D eigenvalue weighted by atomic mass is 9.94. The number of hydrogen-bond donors (Lipinski definition) is 1. The normalized spacial score (nSPS) is 15.5. The summed E-state index contributed by atoms with van der Waals surface area (Å²) in [6, 6.07) is 7.71. The summed E-state index contributed by atoms with van der Waals surface area (Å²) < 4.78 is 45.4.